The average Bonchev–Trinajstić information content (AvgIpc) is 2.53. The lowest BCUT2D eigenvalue weighted by Crippen LogP contribution is -2.35. The van der Waals surface area contributed by atoms with Gasteiger partial charge in [0.1, 0.15) is 5.82 Å². The van der Waals surface area contributed by atoms with Crippen LogP contribution in [0.5, 0.6) is 0 Å². The van der Waals surface area contributed by atoms with Crippen molar-refractivity contribution in [3.63, 3.8) is 0 Å². The normalized spacial score (nSPS) is 21.9. The second-order valence-electron chi connectivity index (χ2n) is 5.55. The Labute approximate surface area is 133 Å². The van der Waals surface area contributed by atoms with Crippen molar-refractivity contribution in [3.05, 3.63) is 70.7 Å². The minimum atomic E-state index is -0.453. The Bertz CT molecular complexity index is 814. The van der Waals surface area contributed by atoms with Crippen molar-refractivity contribution < 1.29 is 14.0 Å². The molecule has 0 spiro atoms. The average molecular weight is 310 g/mol. The van der Waals surface area contributed by atoms with Crippen LogP contribution in [0.1, 0.15) is 24.2 Å². The third kappa shape index (κ3) is 2.90. The minimum Gasteiger partial charge on any atom is -0.325 e. The van der Waals surface area contributed by atoms with Gasteiger partial charge in [-0.05, 0) is 50.3 Å². The molecule has 0 saturated carbocycles. The summed E-state index contributed by atoms with van der Waals surface area (Å²) >= 11 is 0. The molecule has 1 aliphatic heterocycles. The molecule has 2 amide bonds. The molecule has 1 aliphatic carbocycles. The predicted molar refractivity (Wildman–Crippen MR) is 85.4 cm³/mol. The third-order valence-electron chi connectivity index (χ3n) is 4.08. The summed E-state index contributed by atoms with van der Waals surface area (Å²) in [5.74, 6) is -0.984. The number of halogens is 1. The van der Waals surface area contributed by atoms with Gasteiger partial charge in [0.25, 0.3) is 11.8 Å². The number of hydrogen-bond acceptors (Lipinski definition) is 2. The van der Waals surface area contributed by atoms with Crippen molar-refractivity contribution >= 4 is 17.5 Å². The quantitative estimate of drug-likeness (QED) is 0.867. The van der Waals surface area contributed by atoms with E-state index in [0.29, 0.717) is 22.5 Å². The molecule has 1 aromatic carbocycles. The molecule has 2 aliphatic rings. The summed E-state index contributed by atoms with van der Waals surface area (Å²) in [5, 5.41) is 2.82. The molecule has 0 saturated heterocycles. The van der Waals surface area contributed by atoms with Crippen molar-refractivity contribution in [2.24, 2.45) is 10.9 Å². The van der Waals surface area contributed by atoms with Gasteiger partial charge in [-0.1, -0.05) is 11.6 Å². The highest BCUT2D eigenvalue weighted by molar-refractivity contribution is 6.14. The van der Waals surface area contributed by atoms with E-state index in [9.17, 15) is 14.0 Å². The molecule has 1 heterocycles. The SMILES string of the molecule is CC1=C(C)C2C=CC(=NC(=O)c3ccc(F)cc3)C=C2NC1=O. The molecule has 0 fully saturated rings. The van der Waals surface area contributed by atoms with Gasteiger partial charge in [0.15, 0.2) is 0 Å². The number of fused-ring (bicyclic) bond motifs is 1. The maximum Gasteiger partial charge on any atom is 0.277 e. The number of carbonyl (C=O) groups excluding carboxylic acids is 2. The summed E-state index contributed by atoms with van der Waals surface area (Å²) < 4.78 is 12.9. The molecule has 1 aromatic rings. The monoisotopic (exact) mass is 310 g/mol. The lowest BCUT2D eigenvalue weighted by atomic mass is 9.85. The fourth-order valence-corrected chi connectivity index (χ4v) is 2.57. The van der Waals surface area contributed by atoms with Gasteiger partial charge >= 0.3 is 0 Å². The highest BCUT2D eigenvalue weighted by Gasteiger charge is 2.27. The molecular formula is C18H15FN2O2. The van der Waals surface area contributed by atoms with Gasteiger partial charge in [0.2, 0.25) is 0 Å². The molecule has 1 N–H and O–H groups in total. The molecule has 23 heavy (non-hydrogen) atoms. The van der Waals surface area contributed by atoms with Crippen molar-refractivity contribution in [2.45, 2.75) is 13.8 Å². The Morgan fingerprint density at radius 1 is 1.22 bits per heavy atom. The van der Waals surface area contributed by atoms with Crippen LogP contribution in [-0.2, 0) is 4.79 Å². The molecule has 116 valence electrons. The van der Waals surface area contributed by atoms with Crippen LogP contribution in [0.2, 0.25) is 0 Å². The van der Waals surface area contributed by atoms with E-state index in [0.717, 1.165) is 5.57 Å². The Morgan fingerprint density at radius 2 is 1.91 bits per heavy atom. The van der Waals surface area contributed by atoms with Crippen molar-refractivity contribution in [3.8, 4) is 0 Å². The van der Waals surface area contributed by atoms with E-state index in [2.05, 4.69) is 10.3 Å². The molecule has 3 rings (SSSR count). The Morgan fingerprint density at radius 3 is 2.61 bits per heavy atom. The predicted octanol–water partition coefficient (Wildman–Crippen LogP) is 2.94. The van der Waals surface area contributed by atoms with Gasteiger partial charge in [0.05, 0.1) is 5.71 Å². The molecule has 0 aromatic heterocycles. The van der Waals surface area contributed by atoms with Crippen LogP contribution < -0.4 is 5.32 Å². The first kappa shape index (κ1) is 15.1. The summed E-state index contributed by atoms with van der Waals surface area (Å²) in [5.41, 5.74) is 3.18. The number of nitrogens with one attached hydrogen (secondary N) is 1. The zero-order chi connectivity index (χ0) is 16.6. The summed E-state index contributed by atoms with van der Waals surface area (Å²) in [6.45, 7) is 3.71. The molecule has 1 unspecified atom stereocenters. The van der Waals surface area contributed by atoms with E-state index in [1.54, 1.807) is 19.1 Å². The first-order valence-electron chi connectivity index (χ1n) is 7.23. The van der Waals surface area contributed by atoms with E-state index in [1.165, 1.54) is 24.3 Å². The van der Waals surface area contributed by atoms with Crippen LogP contribution in [0.3, 0.4) is 0 Å². The standard InChI is InChI=1S/C18H15FN2O2/c1-10-11(2)17(22)21-16-9-14(7-8-15(10)16)20-18(23)12-3-5-13(19)6-4-12/h3-9,15H,1-2H3,(H,21,22). The Kier molecular flexibility index (Phi) is 3.78. The number of amides is 2. The molecule has 5 heteroatoms. The van der Waals surface area contributed by atoms with Crippen molar-refractivity contribution in [1.82, 2.24) is 5.32 Å². The number of carbonyl (C=O) groups is 2. The second-order valence-corrected chi connectivity index (χ2v) is 5.55. The van der Waals surface area contributed by atoms with Crippen molar-refractivity contribution in [1.29, 1.82) is 0 Å². The van der Waals surface area contributed by atoms with Crippen LogP contribution in [-0.4, -0.2) is 17.5 Å². The van der Waals surface area contributed by atoms with Gasteiger partial charge in [-0.25, -0.2) is 9.38 Å². The van der Waals surface area contributed by atoms with Gasteiger partial charge in [0, 0.05) is 22.8 Å². The largest absolute Gasteiger partial charge is 0.325 e. The Balaban J connectivity index is 1.88. The topological polar surface area (TPSA) is 58.5 Å². The number of benzene rings is 1. The fraction of sp³-hybridized carbons (Fsp3) is 0.167. The number of aliphatic imine (C=N–C) groups is 1. The summed E-state index contributed by atoms with van der Waals surface area (Å²) in [7, 11) is 0. The highest BCUT2D eigenvalue weighted by atomic mass is 19.1. The fourth-order valence-electron chi connectivity index (χ4n) is 2.57. The zero-order valence-corrected chi connectivity index (χ0v) is 12.8. The molecular weight excluding hydrogens is 295 g/mol. The maximum absolute atomic E-state index is 12.9. The number of nitrogens with zero attached hydrogens (tertiary/aromatic N) is 1. The van der Waals surface area contributed by atoms with Gasteiger partial charge < -0.3 is 5.32 Å². The van der Waals surface area contributed by atoms with Gasteiger partial charge in [-0.2, -0.15) is 0 Å². The first-order chi connectivity index (χ1) is 11.0. The molecule has 0 bridgehead atoms. The summed E-state index contributed by atoms with van der Waals surface area (Å²) in [6, 6.07) is 5.22. The zero-order valence-electron chi connectivity index (χ0n) is 12.8. The summed E-state index contributed by atoms with van der Waals surface area (Å²) in [6.07, 6.45) is 5.36. The molecule has 0 radical (unpaired) electrons. The van der Waals surface area contributed by atoms with Crippen molar-refractivity contribution in [2.75, 3.05) is 0 Å². The first-order valence-corrected chi connectivity index (χ1v) is 7.23. The molecule has 4 nitrogen and oxygen atoms in total. The van der Waals surface area contributed by atoms with Gasteiger partial charge in [-0.15, -0.1) is 0 Å². The maximum atomic E-state index is 12.9. The Hall–Kier alpha value is -2.82. The van der Waals surface area contributed by atoms with E-state index in [-0.39, 0.29) is 11.8 Å². The van der Waals surface area contributed by atoms with E-state index < -0.39 is 11.7 Å². The van der Waals surface area contributed by atoms with Crippen LogP contribution in [0, 0.1) is 11.7 Å². The lowest BCUT2D eigenvalue weighted by Gasteiger charge is -2.28. The smallest absolute Gasteiger partial charge is 0.277 e. The number of rotatable bonds is 1. The van der Waals surface area contributed by atoms with E-state index in [1.807, 2.05) is 13.0 Å². The number of hydrogen-bond donors (Lipinski definition) is 1. The van der Waals surface area contributed by atoms with Crippen LogP contribution in [0.15, 0.2) is 64.3 Å². The summed E-state index contributed by atoms with van der Waals surface area (Å²) in [4.78, 5) is 28.0. The minimum absolute atomic E-state index is 0.00701. The van der Waals surface area contributed by atoms with E-state index >= 15 is 0 Å². The number of allylic oxidation sites excluding steroid dienone is 3. The van der Waals surface area contributed by atoms with E-state index in [4.69, 9.17) is 0 Å². The third-order valence-corrected chi connectivity index (χ3v) is 4.08. The van der Waals surface area contributed by atoms with Crippen LogP contribution in [0.25, 0.3) is 0 Å². The lowest BCUT2D eigenvalue weighted by molar-refractivity contribution is -0.117. The second kappa shape index (κ2) is 5.76. The molecule has 1 atom stereocenters. The van der Waals surface area contributed by atoms with Crippen LogP contribution >= 0.6 is 0 Å². The van der Waals surface area contributed by atoms with Crippen LogP contribution in [0.4, 0.5) is 4.39 Å². The highest BCUT2D eigenvalue weighted by Crippen LogP contribution is 2.29. The van der Waals surface area contributed by atoms with Gasteiger partial charge in [-0.3, -0.25) is 9.59 Å².